The van der Waals surface area contributed by atoms with Crippen molar-refractivity contribution in [2.75, 3.05) is 19.6 Å². The minimum absolute atomic E-state index is 0.0383. The van der Waals surface area contributed by atoms with E-state index in [-0.39, 0.29) is 40.9 Å². The molecule has 0 unspecified atom stereocenters. The van der Waals surface area contributed by atoms with Gasteiger partial charge in [0.05, 0.1) is 11.1 Å². The van der Waals surface area contributed by atoms with Gasteiger partial charge in [0.15, 0.2) is 5.82 Å². The van der Waals surface area contributed by atoms with Crippen molar-refractivity contribution in [2.24, 2.45) is 5.73 Å². The van der Waals surface area contributed by atoms with Crippen molar-refractivity contribution < 1.29 is 18.8 Å². The fraction of sp³-hybridized carbons (Fsp3) is 0.444. The molecule has 3 N–H and O–H groups in total. The van der Waals surface area contributed by atoms with E-state index in [1.54, 1.807) is 0 Å². The minimum Gasteiger partial charge on any atom is -0.366 e. The molecular weight excluding hydrogens is 353 g/mol. The van der Waals surface area contributed by atoms with Gasteiger partial charge in [0.25, 0.3) is 11.8 Å². The number of halogens is 1. The normalized spacial score (nSPS) is 15.0. The van der Waals surface area contributed by atoms with Crippen LogP contribution in [0.1, 0.15) is 47.7 Å². The Kier molecular flexibility index (Phi) is 5.11. The standard InChI is InChI=1S/C18H22FN5O3/c1-3-11(4-2)24-6-5-23(9-14(24)25)18(27)17-21-13-8-10(19)7-12(16(20)26)15(13)22-17/h7-8,11H,3-6,9H2,1-2H3,(H2,20,26)(H,21,22). The summed E-state index contributed by atoms with van der Waals surface area (Å²) in [7, 11) is 0. The van der Waals surface area contributed by atoms with E-state index in [9.17, 15) is 18.8 Å². The van der Waals surface area contributed by atoms with Crippen LogP contribution in [0.15, 0.2) is 12.1 Å². The van der Waals surface area contributed by atoms with Crippen molar-refractivity contribution in [3.05, 3.63) is 29.3 Å². The first kappa shape index (κ1) is 18.8. The van der Waals surface area contributed by atoms with Crippen LogP contribution in [0, 0.1) is 5.82 Å². The number of carbonyl (C=O) groups excluding carboxylic acids is 3. The molecule has 1 fully saturated rings. The number of benzene rings is 1. The third kappa shape index (κ3) is 3.49. The predicted molar refractivity (Wildman–Crippen MR) is 96.6 cm³/mol. The van der Waals surface area contributed by atoms with Gasteiger partial charge >= 0.3 is 0 Å². The Bertz CT molecular complexity index is 906. The van der Waals surface area contributed by atoms with Gasteiger partial charge in [-0.25, -0.2) is 9.37 Å². The molecule has 0 radical (unpaired) electrons. The number of nitrogens with two attached hydrogens (primary N) is 1. The van der Waals surface area contributed by atoms with Crippen molar-refractivity contribution in [1.82, 2.24) is 19.8 Å². The van der Waals surface area contributed by atoms with Crippen molar-refractivity contribution in [3.63, 3.8) is 0 Å². The van der Waals surface area contributed by atoms with Crippen molar-refractivity contribution in [3.8, 4) is 0 Å². The number of piperazine rings is 1. The van der Waals surface area contributed by atoms with Gasteiger partial charge in [-0.15, -0.1) is 0 Å². The summed E-state index contributed by atoms with van der Waals surface area (Å²) in [6.07, 6.45) is 1.72. The molecule has 8 nitrogen and oxygen atoms in total. The molecule has 9 heteroatoms. The van der Waals surface area contributed by atoms with E-state index < -0.39 is 17.6 Å². The Labute approximate surface area is 155 Å². The van der Waals surface area contributed by atoms with E-state index in [1.807, 2.05) is 18.7 Å². The van der Waals surface area contributed by atoms with Crippen LogP contribution >= 0.6 is 0 Å². The minimum atomic E-state index is -0.834. The highest BCUT2D eigenvalue weighted by atomic mass is 19.1. The molecule has 0 bridgehead atoms. The smallest absolute Gasteiger partial charge is 0.290 e. The zero-order chi connectivity index (χ0) is 19.7. The number of hydrogen-bond donors (Lipinski definition) is 2. The van der Waals surface area contributed by atoms with Crippen LogP contribution in [-0.2, 0) is 4.79 Å². The number of fused-ring (bicyclic) bond motifs is 1. The van der Waals surface area contributed by atoms with Crippen molar-refractivity contribution in [2.45, 2.75) is 32.7 Å². The quantitative estimate of drug-likeness (QED) is 0.819. The van der Waals surface area contributed by atoms with Crippen LogP contribution in [0.25, 0.3) is 11.0 Å². The average molecular weight is 375 g/mol. The Hall–Kier alpha value is -2.97. The summed E-state index contributed by atoms with van der Waals surface area (Å²) in [6.45, 7) is 4.86. The molecule has 144 valence electrons. The third-order valence-corrected chi connectivity index (χ3v) is 4.95. The molecule has 1 aromatic carbocycles. The second-order valence-corrected chi connectivity index (χ2v) is 6.58. The highest BCUT2D eigenvalue weighted by Crippen LogP contribution is 2.20. The van der Waals surface area contributed by atoms with Gasteiger partial charge < -0.3 is 20.5 Å². The van der Waals surface area contributed by atoms with Crippen molar-refractivity contribution >= 4 is 28.8 Å². The number of rotatable bonds is 5. The molecular formula is C18H22FN5O3. The summed E-state index contributed by atoms with van der Waals surface area (Å²) in [4.78, 5) is 46.8. The van der Waals surface area contributed by atoms with Gasteiger partial charge in [0, 0.05) is 19.1 Å². The third-order valence-electron chi connectivity index (χ3n) is 4.95. The Morgan fingerprint density at radius 3 is 2.59 bits per heavy atom. The van der Waals surface area contributed by atoms with Gasteiger partial charge in [-0.1, -0.05) is 13.8 Å². The Morgan fingerprint density at radius 1 is 1.30 bits per heavy atom. The molecule has 1 aliphatic heterocycles. The summed E-state index contributed by atoms with van der Waals surface area (Å²) >= 11 is 0. The zero-order valence-corrected chi connectivity index (χ0v) is 15.3. The van der Waals surface area contributed by atoms with Gasteiger partial charge in [-0.3, -0.25) is 14.4 Å². The van der Waals surface area contributed by atoms with E-state index in [0.717, 1.165) is 25.0 Å². The second-order valence-electron chi connectivity index (χ2n) is 6.58. The fourth-order valence-electron chi connectivity index (χ4n) is 3.50. The second kappa shape index (κ2) is 7.34. The van der Waals surface area contributed by atoms with Gasteiger partial charge in [0.1, 0.15) is 17.9 Å². The van der Waals surface area contributed by atoms with Gasteiger partial charge in [-0.2, -0.15) is 0 Å². The monoisotopic (exact) mass is 375 g/mol. The topological polar surface area (TPSA) is 112 Å². The Balaban J connectivity index is 1.84. The van der Waals surface area contributed by atoms with Crippen LogP contribution in [0.5, 0.6) is 0 Å². The van der Waals surface area contributed by atoms with Crippen LogP contribution in [0.3, 0.4) is 0 Å². The maximum atomic E-state index is 13.7. The van der Waals surface area contributed by atoms with E-state index in [1.165, 1.54) is 4.90 Å². The number of nitrogens with zero attached hydrogens (tertiary/aromatic N) is 3. The molecule has 0 saturated carbocycles. The number of nitrogens with one attached hydrogen (secondary N) is 1. The lowest BCUT2D eigenvalue weighted by atomic mass is 10.1. The van der Waals surface area contributed by atoms with E-state index in [2.05, 4.69) is 9.97 Å². The van der Waals surface area contributed by atoms with E-state index in [0.29, 0.717) is 13.1 Å². The number of H-pyrrole nitrogens is 1. The maximum Gasteiger partial charge on any atom is 0.290 e. The zero-order valence-electron chi connectivity index (χ0n) is 15.3. The highest BCUT2D eigenvalue weighted by molar-refractivity contribution is 6.06. The lowest BCUT2D eigenvalue weighted by Gasteiger charge is -2.38. The number of primary amides is 1. The molecule has 1 saturated heterocycles. The van der Waals surface area contributed by atoms with Crippen LogP contribution in [0.4, 0.5) is 4.39 Å². The number of aromatic nitrogens is 2. The number of amides is 3. The number of hydrogen-bond acceptors (Lipinski definition) is 4. The molecule has 0 spiro atoms. The van der Waals surface area contributed by atoms with Crippen LogP contribution in [-0.4, -0.2) is 63.2 Å². The largest absolute Gasteiger partial charge is 0.366 e. The molecule has 3 rings (SSSR count). The summed E-state index contributed by atoms with van der Waals surface area (Å²) in [5, 5.41) is 0. The summed E-state index contributed by atoms with van der Waals surface area (Å²) in [5.41, 5.74) is 5.49. The van der Waals surface area contributed by atoms with E-state index in [4.69, 9.17) is 5.73 Å². The number of aromatic amines is 1. The first-order valence-electron chi connectivity index (χ1n) is 8.93. The average Bonchev–Trinajstić information content (AvgIpc) is 3.06. The Morgan fingerprint density at radius 2 is 2.00 bits per heavy atom. The van der Waals surface area contributed by atoms with Gasteiger partial charge in [0.2, 0.25) is 5.91 Å². The molecule has 2 heterocycles. The molecule has 3 amide bonds. The lowest BCUT2D eigenvalue weighted by molar-refractivity contribution is -0.137. The maximum absolute atomic E-state index is 13.7. The predicted octanol–water partition coefficient (Wildman–Crippen LogP) is 1.27. The first-order chi connectivity index (χ1) is 12.8. The number of carbonyl (C=O) groups is 3. The lowest BCUT2D eigenvalue weighted by Crippen LogP contribution is -2.55. The summed E-state index contributed by atoms with van der Waals surface area (Å²) in [6, 6.07) is 2.29. The fourth-order valence-corrected chi connectivity index (χ4v) is 3.50. The highest BCUT2D eigenvalue weighted by Gasteiger charge is 2.32. The number of imidazole rings is 1. The molecule has 1 aromatic heterocycles. The van der Waals surface area contributed by atoms with Gasteiger partial charge in [-0.05, 0) is 25.0 Å². The summed E-state index contributed by atoms with van der Waals surface area (Å²) < 4.78 is 13.7. The SMILES string of the molecule is CCC(CC)N1CCN(C(=O)c2nc3c(C(N)=O)cc(F)cc3[nH]2)CC1=O. The molecule has 2 aromatic rings. The van der Waals surface area contributed by atoms with Crippen LogP contribution in [0.2, 0.25) is 0 Å². The molecule has 0 aliphatic carbocycles. The molecule has 27 heavy (non-hydrogen) atoms. The van der Waals surface area contributed by atoms with E-state index >= 15 is 0 Å². The first-order valence-corrected chi connectivity index (χ1v) is 8.93. The van der Waals surface area contributed by atoms with Crippen LogP contribution < -0.4 is 5.73 Å². The summed E-state index contributed by atoms with van der Waals surface area (Å²) in [5.74, 6) is -2.13. The molecule has 0 atom stereocenters. The van der Waals surface area contributed by atoms with Crippen molar-refractivity contribution in [1.29, 1.82) is 0 Å². The molecule has 1 aliphatic rings.